The number of hydrogen-bond acceptors (Lipinski definition) is 5. The Labute approximate surface area is 130 Å². The third kappa shape index (κ3) is 2.76. The number of nitrogens with one attached hydrogen (secondary N) is 1. The summed E-state index contributed by atoms with van der Waals surface area (Å²) in [6.07, 6.45) is 1.56. The number of rotatable bonds is 4. The topological polar surface area (TPSA) is 77.3 Å². The Morgan fingerprint density at radius 2 is 2.09 bits per heavy atom. The van der Waals surface area contributed by atoms with Crippen LogP contribution in [0.25, 0.3) is 10.9 Å². The van der Waals surface area contributed by atoms with E-state index in [1.807, 2.05) is 0 Å². The van der Waals surface area contributed by atoms with E-state index in [-0.39, 0.29) is 11.4 Å². The molecule has 3 aromatic rings. The second-order valence-electron chi connectivity index (χ2n) is 4.76. The Balaban J connectivity index is 2.07. The summed E-state index contributed by atoms with van der Waals surface area (Å²) in [7, 11) is 1.38. The van der Waals surface area contributed by atoms with E-state index in [0.29, 0.717) is 22.3 Å². The highest BCUT2D eigenvalue weighted by atomic mass is 19.1. The molecule has 0 bridgehead atoms. The number of ether oxygens (including phenoxy) is 1. The molecule has 0 aliphatic heterocycles. The number of pyridine rings is 1. The molecule has 0 aliphatic carbocycles. The predicted octanol–water partition coefficient (Wildman–Crippen LogP) is 4.03. The van der Waals surface area contributed by atoms with Crippen LogP contribution in [0.2, 0.25) is 0 Å². The van der Waals surface area contributed by atoms with Crippen LogP contribution < -0.4 is 10.1 Å². The van der Waals surface area contributed by atoms with Gasteiger partial charge in [-0.15, -0.1) is 0 Å². The van der Waals surface area contributed by atoms with Gasteiger partial charge in [-0.3, -0.25) is 15.1 Å². The lowest BCUT2D eigenvalue weighted by atomic mass is 10.1. The minimum atomic E-state index is -0.468. The Kier molecular flexibility index (Phi) is 3.76. The minimum absolute atomic E-state index is 0.0182. The van der Waals surface area contributed by atoms with Crippen molar-refractivity contribution in [3.63, 3.8) is 0 Å². The summed E-state index contributed by atoms with van der Waals surface area (Å²) in [5, 5.41) is 14.6. The van der Waals surface area contributed by atoms with Gasteiger partial charge in [0, 0.05) is 24.0 Å². The van der Waals surface area contributed by atoms with Gasteiger partial charge >= 0.3 is 0 Å². The smallest absolute Gasteiger partial charge is 0.278 e. The molecule has 1 heterocycles. The van der Waals surface area contributed by atoms with Crippen molar-refractivity contribution in [2.45, 2.75) is 0 Å². The van der Waals surface area contributed by atoms with Gasteiger partial charge < -0.3 is 10.1 Å². The van der Waals surface area contributed by atoms with Crippen LogP contribution in [0.5, 0.6) is 5.75 Å². The molecule has 7 heteroatoms. The van der Waals surface area contributed by atoms with E-state index >= 15 is 0 Å². The molecular formula is C16H12FN3O3. The molecule has 0 aliphatic rings. The number of hydrogen-bond donors (Lipinski definition) is 1. The van der Waals surface area contributed by atoms with Crippen molar-refractivity contribution in [1.82, 2.24) is 4.98 Å². The Morgan fingerprint density at radius 3 is 2.83 bits per heavy atom. The maximum Gasteiger partial charge on any atom is 0.278 e. The standard InChI is InChI=1S/C16H12FN3O3/c1-23-15-9-10(4-5-12(15)17)19-13-6-7-14(20(21)22)11-3-2-8-18-16(11)13/h2-9,19H,1H3. The normalized spacial score (nSPS) is 10.5. The van der Waals surface area contributed by atoms with Crippen LogP contribution in [-0.2, 0) is 0 Å². The van der Waals surface area contributed by atoms with E-state index in [2.05, 4.69) is 10.3 Å². The molecule has 0 unspecified atom stereocenters. The molecule has 116 valence electrons. The maximum absolute atomic E-state index is 13.5. The van der Waals surface area contributed by atoms with E-state index in [9.17, 15) is 14.5 Å². The zero-order valence-corrected chi connectivity index (χ0v) is 12.1. The summed E-state index contributed by atoms with van der Waals surface area (Å²) in [5.74, 6) is -0.362. The average Bonchev–Trinajstić information content (AvgIpc) is 2.56. The first-order chi connectivity index (χ1) is 11.1. The van der Waals surface area contributed by atoms with Crippen molar-refractivity contribution in [3.05, 3.63) is 64.6 Å². The van der Waals surface area contributed by atoms with Crippen molar-refractivity contribution in [2.75, 3.05) is 12.4 Å². The van der Waals surface area contributed by atoms with Gasteiger partial charge in [0.15, 0.2) is 11.6 Å². The zero-order chi connectivity index (χ0) is 16.4. The highest BCUT2D eigenvalue weighted by Crippen LogP contribution is 2.32. The molecule has 1 aromatic heterocycles. The third-order valence-electron chi connectivity index (χ3n) is 3.37. The second kappa shape index (κ2) is 5.88. The molecule has 3 rings (SSSR count). The lowest BCUT2D eigenvalue weighted by Crippen LogP contribution is -1.97. The van der Waals surface area contributed by atoms with Gasteiger partial charge in [0.1, 0.15) is 5.52 Å². The predicted molar refractivity (Wildman–Crippen MR) is 84.6 cm³/mol. The van der Waals surface area contributed by atoms with Crippen LogP contribution in [0, 0.1) is 15.9 Å². The summed E-state index contributed by atoms with van der Waals surface area (Å²) in [6, 6.07) is 10.6. The molecule has 0 radical (unpaired) electrons. The summed E-state index contributed by atoms with van der Waals surface area (Å²) >= 11 is 0. The highest BCUT2D eigenvalue weighted by Gasteiger charge is 2.15. The minimum Gasteiger partial charge on any atom is -0.494 e. The quantitative estimate of drug-likeness (QED) is 0.581. The number of nitro benzene ring substituents is 1. The highest BCUT2D eigenvalue weighted by molar-refractivity contribution is 5.97. The molecule has 0 saturated heterocycles. The number of methoxy groups -OCH3 is 1. The van der Waals surface area contributed by atoms with Gasteiger partial charge in [0.05, 0.1) is 23.1 Å². The summed E-state index contributed by atoms with van der Waals surface area (Å²) in [5.41, 5.74) is 1.62. The largest absolute Gasteiger partial charge is 0.494 e. The Hall–Kier alpha value is -3.22. The van der Waals surface area contributed by atoms with Crippen LogP contribution in [0.1, 0.15) is 0 Å². The van der Waals surface area contributed by atoms with E-state index in [1.165, 1.54) is 25.3 Å². The van der Waals surface area contributed by atoms with Gasteiger partial charge in [0.2, 0.25) is 0 Å². The van der Waals surface area contributed by atoms with E-state index in [4.69, 9.17) is 4.74 Å². The Morgan fingerprint density at radius 1 is 1.26 bits per heavy atom. The summed E-state index contributed by atoms with van der Waals surface area (Å²) < 4.78 is 18.4. The summed E-state index contributed by atoms with van der Waals surface area (Å²) in [6.45, 7) is 0. The number of non-ortho nitro benzene ring substituents is 1. The first kappa shape index (κ1) is 14.7. The van der Waals surface area contributed by atoms with Gasteiger partial charge in [-0.25, -0.2) is 4.39 Å². The third-order valence-corrected chi connectivity index (χ3v) is 3.37. The number of halogens is 1. The van der Waals surface area contributed by atoms with E-state index in [1.54, 1.807) is 30.5 Å². The fraction of sp³-hybridized carbons (Fsp3) is 0.0625. The lowest BCUT2D eigenvalue weighted by molar-refractivity contribution is -0.383. The second-order valence-corrected chi connectivity index (χ2v) is 4.76. The monoisotopic (exact) mass is 313 g/mol. The molecular weight excluding hydrogens is 301 g/mol. The zero-order valence-electron chi connectivity index (χ0n) is 12.1. The number of anilines is 2. The SMILES string of the molecule is COc1cc(Nc2ccc([N+](=O)[O-])c3cccnc23)ccc1F. The van der Waals surface area contributed by atoms with Crippen LogP contribution in [0.3, 0.4) is 0 Å². The van der Waals surface area contributed by atoms with Gasteiger partial charge in [-0.05, 0) is 30.3 Å². The number of aromatic nitrogens is 1. The van der Waals surface area contributed by atoms with E-state index in [0.717, 1.165) is 0 Å². The molecule has 0 saturated carbocycles. The summed E-state index contributed by atoms with van der Waals surface area (Å²) in [4.78, 5) is 14.9. The van der Waals surface area contributed by atoms with Crippen LogP contribution >= 0.6 is 0 Å². The van der Waals surface area contributed by atoms with Crippen molar-refractivity contribution in [3.8, 4) is 5.75 Å². The van der Waals surface area contributed by atoms with Gasteiger partial charge in [0.25, 0.3) is 5.69 Å². The van der Waals surface area contributed by atoms with Crippen LogP contribution in [0.4, 0.5) is 21.5 Å². The number of nitro groups is 1. The van der Waals surface area contributed by atoms with Crippen molar-refractivity contribution in [2.24, 2.45) is 0 Å². The first-order valence-electron chi connectivity index (χ1n) is 6.73. The number of nitrogens with zero attached hydrogens (tertiary/aromatic N) is 2. The van der Waals surface area contributed by atoms with Gasteiger partial charge in [-0.1, -0.05) is 0 Å². The average molecular weight is 313 g/mol. The molecule has 23 heavy (non-hydrogen) atoms. The van der Waals surface area contributed by atoms with Crippen LogP contribution in [0.15, 0.2) is 48.7 Å². The Bertz CT molecular complexity index is 899. The molecule has 0 atom stereocenters. The van der Waals surface area contributed by atoms with Crippen molar-refractivity contribution in [1.29, 1.82) is 0 Å². The van der Waals surface area contributed by atoms with Crippen molar-refractivity contribution >= 4 is 28.0 Å². The number of benzene rings is 2. The fourth-order valence-electron chi connectivity index (χ4n) is 2.31. The lowest BCUT2D eigenvalue weighted by Gasteiger charge is -2.11. The molecule has 1 N–H and O–H groups in total. The molecule has 0 fully saturated rings. The molecule has 2 aromatic carbocycles. The molecule has 0 spiro atoms. The fourth-order valence-corrected chi connectivity index (χ4v) is 2.31. The van der Waals surface area contributed by atoms with Gasteiger partial charge in [-0.2, -0.15) is 0 Å². The first-order valence-corrected chi connectivity index (χ1v) is 6.73. The molecule has 0 amide bonds. The van der Waals surface area contributed by atoms with Crippen molar-refractivity contribution < 1.29 is 14.1 Å². The number of fused-ring (bicyclic) bond motifs is 1. The molecule has 6 nitrogen and oxygen atoms in total. The van der Waals surface area contributed by atoms with E-state index < -0.39 is 10.7 Å². The maximum atomic E-state index is 13.5. The van der Waals surface area contributed by atoms with Crippen LogP contribution in [-0.4, -0.2) is 17.0 Å².